The van der Waals surface area contributed by atoms with Gasteiger partial charge in [-0.2, -0.15) is 9.78 Å². The van der Waals surface area contributed by atoms with Crippen molar-refractivity contribution in [1.82, 2.24) is 19.7 Å². The Kier molecular flexibility index (Phi) is 4.97. The van der Waals surface area contributed by atoms with E-state index in [1.807, 2.05) is 0 Å². The quantitative estimate of drug-likeness (QED) is 0.508. The standard InChI is InChI=1S/C17H15ClN6O4/c1-8-6-14(23(22-8)17-19-10(3)9(2)15(25)21-17)20-16(26)12-7-11(18)4-5-13(12)24(27)28/h4-7H,1-3H3,(H,20,26)(H,19,21,25). The van der Waals surface area contributed by atoms with Crippen LogP contribution in [0.15, 0.2) is 29.1 Å². The predicted octanol–water partition coefficient (Wildman–Crippen LogP) is 2.69. The van der Waals surface area contributed by atoms with Crippen LogP contribution in [0.5, 0.6) is 0 Å². The number of benzene rings is 1. The molecule has 1 amide bonds. The summed E-state index contributed by atoms with van der Waals surface area (Å²) >= 11 is 5.88. The Morgan fingerprint density at radius 1 is 1.29 bits per heavy atom. The first-order chi connectivity index (χ1) is 13.2. The number of halogens is 1. The Bertz CT molecular complexity index is 1170. The smallest absolute Gasteiger partial charge is 0.282 e. The summed E-state index contributed by atoms with van der Waals surface area (Å²) in [5.41, 5.74) is 0.587. The van der Waals surface area contributed by atoms with Crippen LogP contribution in [0.1, 0.15) is 27.3 Å². The molecule has 0 spiro atoms. The Morgan fingerprint density at radius 3 is 2.64 bits per heavy atom. The number of aryl methyl sites for hydroxylation is 2. The zero-order valence-electron chi connectivity index (χ0n) is 15.1. The molecule has 0 aliphatic rings. The number of nitro groups is 1. The number of aromatic amines is 1. The lowest BCUT2D eigenvalue weighted by molar-refractivity contribution is -0.385. The third kappa shape index (κ3) is 3.62. The number of H-pyrrole nitrogens is 1. The lowest BCUT2D eigenvalue weighted by atomic mass is 10.1. The minimum atomic E-state index is -0.749. The number of aromatic nitrogens is 4. The van der Waals surface area contributed by atoms with Gasteiger partial charge in [0.1, 0.15) is 11.4 Å². The van der Waals surface area contributed by atoms with Crippen molar-refractivity contribution in [3.05, 3.63) is 72.3 Å². The zero-order chi connectivity index (χ0) is 20.6. The van der Waals surface area contributed by atoms with E-state index in [4.69, 9.17) is 11.6 Å². The summed E-state index contributed by atoms with van der Waals surface area (Å²) in [6, 6.07) is 5.24. The molecule has 0 aliphatic heterocycles. The van der Waals surface area contributed by atoms with Gasteiger partial charge in [-0.05, 0) is 32.9 Å². The van der Waals surface area contributed by atoms with E-state index in [9.17, 15) is 19.7 Å². The molecule has 0 aliphatic carbocycles. The van der Waals surface area contributed by atoms with E-state index >= 15 is 0 Å². The number of rotatable bonds is 4. The predicted molar refractivity (Wildman–Crippen MR) is 102 cm³/mol. The summed E-state index contributed by atoms with van der Waals surface area (Å²) < 4.78 is 1.25. The molecule has 0 atom stereocenters. The SMILES string of the molecule is Cc1cc(NC(=O)c2cc(Cl)ccc2[N+](=O)[O-])n(-c2nc(C)c(C)c(=O)[nH]2)n1. The number of carbonyl (C=O) groups is 1. The first kappa shape index (κ1) is 19.2. The van der Waals surface area contributed by atoms with E-state index in [2.05, 4.69) is 20.4 Å². The monoisotopic (exact) mass is 402 g/mol. The number of anilines is 1. The molecule has 3 rings (SSSR count). The fourth-order valence-corrected chi connectivity index (χ4v) is 2.69. The fraction of sp³-hybridized carbons (Fsp3) is 0.176. The lowest BCUT2D eigenvalue weighted by Crippen LogP contribution is -2.21. The van der Waals surface area contributed by atoms with Crippen LogP contribution in [-0.2, 0) is 0 Å². The van der Waals surface area contributed by atoms with Gasteiger partial charge in [-0.1, -0.05) is 11.6 Å². The van der Waals surface area contributed by atoms with Gasteiger partial charge in [-0.3, -0.25) is 24.7 Å². The fourth-order valence-electron chi connectivity index (χ4n) is 2.51. The highest BCUT2D eigenvalue weighted by atomic mass is 35.5. The van der Waals surface area contributed by atoms with E-state index in [1.54, 1.807) is 26.8 Å². The Labute approximate surface area is 163 Å². The lowest BCUT2D eigenvalue weighted by Gasteiger charge is -2.09. The first-order valence-corrected chi connectivity index (χ1v) is 8.45. The molecular formula is C17H15ClN6O4. The molecule has 0 bridgehead atoms. The first-order valence-electron chi connectivity index (χ1n) is 8.07. The summed E-state index contributed by atoms with van der Waals surface area (Å²) in [6.45, 7) is 5.01. The van der Waals surface area contributed by atoms with Crippen molar-refractivity contribution in [3.8, 4) is 5.95 Å². The zero-order valence-corrected chi connectivity index (χ0v) is 15.9. The van der Waals surface area contributed by atoms with Crippen molar-refractivity contribution in [2.24, 2.45) is 0 Å². The van der Waals surface area contributed by atoms with Crippen LogP contribution in [0.3, 0.4) is 0 Å². The van der Waals surface area contributed by atoms with Crippen molar-refractivity contribution in [3.63, 3.8) is 0 Å². The molecule has 10 nitrogen and oxygen atoms in total. The Balaban J connectivity index is 2.04. The number of hydrogen-bond acceptors (Lipinski definition) is 6. The van der Waals surface area contributed by atoms with E-state index in [-0.39, 0.29) is 33.6 Å². The van der Waals surface area contributed by atoms with E-state index < -0.39 is 10.8 Å². The molecule has 144 valence electrons. The van der Waals surface area contributed by atoms with E-state index in [0.717, 1.165) is 6.07 Å². The van der Waals surface area contributed by atoms with Gasteiger partial charge in [-0.15, -0.1) is 0 Å². The van der Waals surface area contributed by atoms with Gasteiger partial charge in [0.15, 0.2) is 0 Å². The van der Waals surface area contributed by atoms with Crippen LogP contribution in [0.4, 0.5) is 11.5 Å². The average molecular weight is 403 g/mol. The molecule has 0 saturated carbocycles. The highest BCUT2D eigenvalue weighted by Gasteiger charge is 2.22. The van der Waals surface area contributed by atoms with Gasteiger partial charge < -0.3 is 5.32 Å². The van der Waals surface area contributed by atoms with Crippen molar-refractivity contribution < 1.29 is 9.72 Å². The number of hydrogen-bond donors (Lipinski definition) is 2. The molecule has 1 aromatic carbocycles. The summed E-state index contributed by atoms with van der Waals surface area (Å²) in [5, 5.41) is 18.2. The molecule has 0 unspecified atom stereocenters. The topological polar surface area (TPSA) is 136 Å². The minimum absolute atomic E-state index is 0.108. The van der Waals surface area contributed by atoms with Crippen LogP contribution in [-0.4, -0.2) is 30.6 Å². The number of carbonyl (C=O) groups excluding carboxylic acids is 1. The second-order valence-electron chi connectivity index (χ2n) is 6.06. The summed E-state index contributed by atoms with van der Waals surface area (Å²) in [6.07, 6.45) is 0. The maximum atomic E-state index is 12.7. The van der Waals surface area contributed by atoms with E-state index in [0.29, 0.717) is 17.0 Å². The Hall–Kier alpha value is -3.53. The van der Waals surface area contributed by atoms with Crippen molar-refractivity contribution in [1.29, 1.82) is 0 Å². The van der Waals surface area contributed by atoms with Crippen LogP contribution in [0.25, 0.3) is 5.95 Å². The van der Waals surface area contributed by atoms with Gasteiger partial charge >= 0.3 is 0 Å². The molecule has 28 heavy (non-hydrogen) atoms. The highest BCUT2D eigenvalue weighted by Crippen LogP contribution is 2.24. The maximum Gasteiger partial charge on any atom is 0.282 e. The highest BCUT2D eigenvalue weighted by molar-refractivity contribution is 6.31. The number of nitrogens with one attached hydrogen (secondary N) is 2. The maximum absolute atomic E-state index is 12.7. The average Bonchev–Trinajstić information content (AvgIpc) is 2.99. The number of nitrogens with zero attached hydrogens (tertiary/aromatic N) is 4. The van der Waals surface area contributed by atoms with Crippen molar-refractivity contribution in [2.45, 2.75) is 20.8 Å². The third-order valence-corrected chi connectivity index (χ3v) is 4.29. The van der Waals surface area contributed by atoms with Crippen LogP contribution < -0.4 is 10.9 Å². The molecule has 0 saturated heterocycles. The van der Waals surface area contributed by atoms with Crippen LogP contribution >= 0.6 is 11.6 Å². The Morgan fingerprint density at radius 2 is 2.00 bits per heavy atom. The molecule has 0 fully saturated rings. The van der Waals surface area contributed by atoms with Crippen LogP contribution in [0.2, 0.25) is 5.02 Å². The minimum Gasteiger partial charge on any atom is -0.306 e. The number of nitro benzene ring substituents is 1. The van der Waals surface area contributed by atoms with Crippen molar-refractivity contribution >= 4 is 29.0 Å². The normalized spacial score (nSPS) is 10.7. The van der Waals surface area contributed by atoms with E-state index in [1.165, 1.54) is 16.8 Å². The van der Waals surface area contributed by atoms with Gasteiger partial charge in [0.05, 0.1) is 10.6 Å². The van der Waals surface area contributed by atoms with Crippen molar-refractivity contribution in [2.75, 3.05) is 5.32 Å². The summed E-state index contributed by atoms with van der Waals surface area (Å²) in [4.78, 5) is 42.1. The third-order valence-electron chi connectivity index (χ3n) is 4.06. The van der Waals surface area contributed by atoms with Gasteiger partial charge in [-0.25, -0.2) is 4.98 Å². The second kappa shape index (κ2) is 7.24. The summed E-state index contributed by atoms with van der Waals surface area (Å²) in [7, 11) is 0. The van der Waals surface area contributed by atoms with Gasteiger partial charge in [0.25, 0.3) is 17.2 Å². The molecule has 2 N–H and O–H groups in total. The molecule has 0 radical (unpaired) electrons. The molecule has 3 aromatic rings. The molecule has 2 aromatic heterocycles. The van der Waals surface area contributed by atoms with Gasteiger partial charge in [0, 0.05) is 28.4 Å². The largest absolute Gasteiger partial charge is 0.306 e. The second-order valence-corrected chi connectivity index (χ2v) is 6.49. The summed E-state index contributed by atoms with van der Waals surface area (Å²) in [5.74, 6) is -0.457. The number of amides is 1. The molecule has 2 heterocycles. The van der Waals surface area contributed by atoms with Crippen LogP contribution in [0, 0.1) is 30.9 Å². The molecule has 11 heteroatoms. The molecular weight excluding hydrogens is 388 g/mol. The van der Waals surface area contributed by atoms with Gasteiger partial charge in [0.2, 0.25) is 5.95 Å².